The van der Waals surface area contributed by atoms with Gasteiger partial charge in [-0.25, -0.2) is 9.18 Å². The summed E-state index contributed by atoms with van der Waals surface area (Å²) in [5.74, 6) is -5.77. The molecule has 84 valence electrons. The minimum Gasteiger partial charge on any atom is -0.480 e. The summed E-state index contributed by atoms with van der Waals surface area (Å²) in [5.41, 5.74) is 0.763. The first kappa shape index (κ1) is 10.3. The molecule has 2 aliphatic rings. The molecule has 5 N–H and O–H groups in total. The summed E-state index contributed by atoms with van der Waals surface area (Å²) in [7, 11) is 0. The molecular weight excluding hydrogens is 209 g/mol. The number of aliphatic carboxylic acids is 2. The fourth-order valence-corrected chi connectivity index (χ4v) is 2.68. The highest BCUT2D eigenvalue weighted by atomic mass is 19.1. The van der Waals surface area contributed by atoms with Crippen LogP contribution in [0.4, 0.5) is 4.39 Å². The lowest BCUT2D eigenvalue weighted by Gasteiger charge is -2.24. The number of carboxylic acid groups (broad SMARTS) is 2. The van der Waals surface area contributed by atoms with Gasteiger partial charge in [-0.05, 0) is 0 Å². The number of aliphatic hydroxyl groups excluding tert-OH is 1. The molecule has 0 aliphatic heterocycles. The Morgan fingerprint density at radius 1 is 1.33 bits per heavy atom. The zero-order chi connectivity index (χ0) is 11.6. The van der Waals surface area contributed by atoms with E-state index in [9.17, 15) is 19.1 Å². The van der Waals surface area contributed by atoms with Gasteiger partial charge in [0.15, 0.2) is 0 Å². The number of hydrogen-bond donors (Lipinski definition) is 4. The Kier molecular flexibility index (Phi) is 1.70. The van der Waals surface area contributed by atoms with Gasteiger partial charge in [-0.15, -0.1) is 0 Å². The van der Waals surface area contributed by atoms with Crippen LogP contribution >= 0.6 is 0 Å². The largest absolute Gasteiger partial charge is 0.480 e. The van der Waals surface area contributed by atoms with Gasteiger partial charge in [0.2, 0.25) is 5.67 Å². The van der Waals surface area contributed by atoms with Gasteiger partial charge in [0, 0.05) is 18.3 Å². The lowest BCUT2D eigenvalue weighted by molar-refractivity contribution is -0.151. The first-order valence-electron chi connectivity index (χ1n) is 4.39. The quantitative estimate of drug-likeness (QED) is 0.452. The predicted octanol–water partition coefficient (Wildman–Crippen LogP) is -1.43. The SMILES string of the molecule is N[C@@]1(C(=O)O)C[C@H](O)[C@@H]2[C@H]1[C@@]2(F)C(=O)O. The molecule has 0 bridgehead atoms. The van der Waals surface area contributed by atoms with Crippen LogP contribution in [0.15, 0.2) is 0 Å². The van der Waals surface area contributed by atoms with Crippen LogP contribution in [0.3, 0.4) is 0 Å². The number of fused-ring (bicyclic) bond motifs is 1. The third-order valence-corrected chi connectivity index (χ3v) is 3.43. The second kappa shape index (κ2) is 2.48. The molecule has 0 aromatic rings. The normalized spacial score (nSPS) is 52.3. The van der Waals surface area contributed by atoms with Crippen LogP contribution in [0.5, 0.6) is 0 Å². The summed E-state index contributed by atoms with van der Waals surface area (Å²) in [6, 6.07) is 0. The molecule has 0 spiro atoms. The molecule has 5 atom stereocenters. The average Bonchev–Trinajstić information content (AvgIpc) is 2.63. The highest BCUT2D eigenvalue weighted by molar-refractivity contribution is 5.90. The van der Waals surface area contributed by atoms with Crippen molar-refractivity contribution < 1.29 is 29.3 Å². The van der Waals surface area contributed by atoms with Crippen molar-refractivity contribution in [3.05, 3.63) is 0 Å². The maximum absolute atomic E-state index is 13.7. The van der Waals surface area contributed by atoms with Gasteiger partial charge in [0.05, 0.1) is 6.10 Å². The average molecular weight is 219 g/mol. The number of rotatable bonds is 2. The zero-order valence-corrected chi connectivity index (χ0v) is 7.55. The standard InChI is InChI=1S/C8H10FNO5/c9-8(6(14)15)3-2(11)1-7(10,4(3)8)5(12)13/h2-4,11H,1,10H2,(H,12,13)(H,14,15)/t2-,3+,4+,7-,8+/m0/s1. The molecule has 0 radical (unpaired) electrons. The molecular formula is C8H10FNO5. The fraction of sp³-hybridized carbons (Fsp3) is 0.750. The van der Waals surface area contributed by atoms with E-state index in [1.807, 2.05) is 0 Å². The van der Waals surface area contributed by atoms with E-state index in [0.29, 0.717) is 0 Å². The van der Waals surface area contributed by atoms with Crippen LogP contribution in [-0.2, 0) is 9.59 Å². The lowest BCUT2D eigenvalue weighted by Crippen LogP contribution is -2.53. The Morgan fingerprint density at radius 2 is 1.87 bits per heavy atom. The third-order valence-electron chi connectivity index (χ3n) is 3.43. The Hall–Kier alpha value is -1.21. The van der Waals surface area contributed by atoms with Gasteiger partial charge in [0.25, 0.3) is 0 Å². The number of halogens is 1. The van der Waals surface area contributed by atoms with Crippen molar-refractivity contribution in [1.29, 1.82) is 0 Å². The van der Waals surface area contributed by atoms with E-state index in [2.05, 4.69) is 0 Å². The van der Waals surface area contributed by atoms with Gasteiger partial charge in [0.1, 0.15) is 5.54 Å². The second-order valence-corrected chi connectivity index (χ2v) is 4.19. The number of alkyl halides is 1. The van der Waals surface area contributed by atoms with Crippen LogP contribution in [0.1, 0.15) is 6.42 Å². The van der Waals surface area contributed by atoms with Crippen LogP contribution in [0.25, 0.3) is 0 Å². The van der Waals surface area contributed by atoms with E-state index in [1.54, 1.807) is 0 Å². The maximum Gasteiger partial charge on any atom is 0.342 e. The molecule has 0 amide bonds. The minimum absolute atomic E-state index is 0.309. The lowest BCUT2D eigenvalue weighted by atomic mass is 9.90. The van der Waals surface area contributed by atoms with Gasteiger partial charge in [-0.1, -0.05) is 0 Å². The topological polar surface area (TPSA) is 121 Å². The summed E-state index contributed by atoms with van der Waals surface area (Å²) in [6.45, 7) is 0. The van der Waals surface area contributed by atoms with Crippen molar-refractivity contribution >= 4 is 11.9 Å². The van der Waals surface area contributed by atoms with Crippen molar-refractivity contribution in [2.45, 2.75) is 23.7 Å². The van der Waals surface area contributed by atoms with E-state index in [4.69, 9.17) is 15.9 Å². The molecule has 15 heavy (non-hydrogen) atoms. The summed E-state index contributed by atoms with van der Waals surface area (Å²) >= 11 is 0. The van der Waals surface area contributed by atoms with E-state index in [-0.39, 0.29) is 6.42 Å². The number of nitrogens with two attached hydrogens (primary N) is 1. The Morgan fingerprint density at radius 3 is 2.20 bits per heavy atom. The van der Waals surface area contributed by atoms with Gasteiger partial charge >= 0.3 is 11.9 Å². The zero-order valence-electron chi connectivity index (χ0n) is 7.55. The van der Waals surface area contributed by atoms with Crippen molar-refractivity contribution in [3.63, 3.8) is 0 Å². The summed E-state index contributed by atoms with van der Waals surface area (Å²) in [6.07, 6.45) is -1.62. The van der Waals surface area contributed by atoms with E-state index in [1.165, 1.54) is 0 Å². The Balaban J connectivity index is 2.37. The molecule has 0 heterocycles. The minimum atomic E-state index is -2.69. The van der Waals surface area contributed by atoms with Crippen LogP contribution in [0.2, 0.25) is 0 Å². The smallest absolute Gasteiger partial charge is 0.342 e. The monoisotopic (exact) mass is 219 g/mol. The number of carboxylic acids is 2. The highest BCUT2D eigenvalue weighted by Gasteiger charge is 2.85. The van der Waals surface area contributed by atoms with Crippen LogP contribution < -0.4 is 5.73 Å². The number of carbonyl (C=O) groups is 2. The molecule has 2 rings (SSSR count). The molecule has 2 aliphatic carbocycles. The third kappa shape index (κ3) is 0.941. The summed E-state index contributed by atoms with van der Waals surface area (Å²) < 4.78 is 13.7. The second-order valence-electron chi connectivity index (χ2n) is 4.19. The van der Waals surface area contributed by atoms with Crippen LogP contribution in [-0.4, -0.2) is 44.6 Å². The molecule has 7 heteroatoms. The first-order chi connectivity index (χ1) is 6.76. The number of aliphatic hydroxyl groups is 1. The summed E-state index contributed by atoms with van der Waals surface area (Å²) in [5, 5.41) is 26.8. The van der Waals surface area contributed by atoms with Crippen molar-refractivity contribution in [1.82, 2.24) is 0 Å². The molecule has 2 saturated carbocycles. The fourth-order valence-electron chi connectivity index (χ4n) is 2.68. The molecule has 0 unspecified atom stereocenters. The molecule has 0 saturated heterocycles. The first-order valence-corrected chi connectivity index (χ1v) is 4.39. The molecule has 0 aromatic carbocycles. The predicted molar refractivity (Wildman–Crippen MR) is 43.6 cm³/mol. The highest BCUT2D eigenvalue weighted by Crippen LogP contribution is 2.66. The van der Waals surface area contributed by atoms with Gasteiger partial charge < -0.3 is 21.1 Å². The Labute approximate surface area is 83.5 Å². The van der Waals surface area contributed by atoms with Gasteiger partial charge in [-0.3, -0.25) is 4.79 Å². The van der Waals surface area contributed by atoms with E-state index in [0.717, 1.165) is 0 Å². The molecule has 6 nitrogen and oxygen atoms in total. The Bertz CT molecular complexity index is 361. The van der Waals surface area contributed by atoms with E-state index >= 15 is 0 Å². The molecule has 0 aromatic heterocycles. The van der Waals surface area contributed by atoms with Crippen LogP contribution in [0, 0.1) is 11.8 Å². The van der Waals surface area contributed by atoms with Crippen molar-refractivity contribution in [2.75, 3.05) is 0 Å². The van der Waals surface area contributed by atoms with Crippen molar-refractivity contribution in [3.8, 4) is 0 Å². The summed E-state index contributed by atoms with van der Waals surface area (Å²) in [4.78, 5) is 21.4. The maximum atomic E-state index is 13.7. The molecule has 2 fully saturated rings. The number of hydrogen-bond acceptors (Lipinski definition) is 4. The van der Waals surface area contributed by atoms with Gasteiger partial charge in [-0.2, -0.15) is 0 Å². The van der Waals surface area contributed by atoms with Crippen molar-refractivity contribution in [2.24, 2.45) is 17.6 Å². The van der Waals surface area contributed by atoms with E-state index < -0.39 is 41.1 Å².